The van der Waals surface area contributed by atoms with Gasteiger partial charge in [0.2, 0.25) is 0 Å². The first kappa shape index (κ1) is 20.4. The highest BCUT2D eigenvalue weighted by Crippen LogP contribution is 2.29. The number of nitrogens with one attached hydrogen (secondary N) is 1. The van der Waals surface area contributed by atoms with E-state index in [0.717, 1.165) is 84.4 Å². The summed E-state index contributed by atoms with van der Waals surface area (Å²) in [6.07, 6.45) is 5.37. The molecule has 0 radical (unpaired) electrons. The Morgan fingerprint density at radius 1 is 1.03 bits per heavy atom. The Balaban J connectivity index is 1.47. The molecule has 2 aliphatic heterocycles. The zero-order valence-electron chi connectivity index (χ0n) is 19.0. The molecule has 8 nitrogen and oxygen atoms in total. The highest BCUT2D eigenvalue weighted by Gasteiger charge is 2.21. The molecule has 0 aliphatic carbocycles. The first-order chi connectivity index (χ1) is 16.3. The topological polar surface area (TPSA) is 80.5 Å². The van der Waals surface area contributed by atoms with Crippen molar-refractivity contribution in [3.63, 3.8) is 0 Å². The van der Waals surface area contributed by atoms with Gasteiger partial charge in [0, 0.05) is 31.8 Å². The van der Waals surface area contributed by atoms with Crippen molar-refractivity contribution < 1.29 is 4.74 Å². The summed E-state index contributed by atoms with van der Waals surface area (Å²) in [7, 11) is 0. The number of para-hydroxylation sites is 2. The van der Waals surface area contributed by atoms with E-state index < -0.39 is 0 Å². The standard InChI is InChI=1S/C25H29N7O/c1-2-18-25(28-20-10-4-3-9-19(20)27-18)21-14-23-29-22(31-11-5-6-12-31)15-24(32(23)30-21)26-17-8-7-13-33-16-17/h3-4,9-10,14-15,17,26H,2,5-8,11-13,16H2,1H3/t17-/m0/s1. The second kappa shape index (κ2) is 8.59. The van der Waals surface area contributed by atoms with Crippen LogP contribution in [0, 0.1) is 0 Å². The Kier molecular flexibility index (Phi) is 5.30. The fourth-order valence-corrected chi connectivity index (χ4v) is 4.84. The lowest BCUT2D eigenvalue weighted by Gasteiger charge is -2.25. The van der Waals surface area contributed by atoms with Crippen LogP contribution >= 0.6 is 0 Å². The average Bonchev–Trinajstić information content (AvgIpc) is 3.54. The molecule has 2 aliphatic rings. The van der Waals surface area contributed by atoms with Crippen molar-refractivity contribution in [2.24, 2.45) is 0 Å². The van der Waals surface area contributed by atoms with Gasteiger partial charge in [-0.2, -0.15) is 9.61 Å². The van der Waals surface area contributed by atoms with E-state index in [1.54, 1.807) is 0 Å². The van der Waals surface area contributed by atoms with Crippen LogP contribution in [0.5, 0.6) is 0 Å². The minimum Gasteiger partial charge on any atom is -0.379 e. The Hall–Kier alpha value is -3.26. The molecule has 4 aromatic rings. The molecule has 1 N–H and O–H groups in total. The van der Waals surface area contributed by atoms with Gasteiger partial charge in [0.15, 0.2) is 5.65 Å². The van der Waals surface area contributed by atoms with E-state index in [1.807, 2.05) is 34.8 Å². The van der Waals surface area contributed by atoms with Crippen LogP contribution in [0.4, 0.5) is 11.6 Å². The van der Waals surface area contributed by atoms with Crippen LogP contribution in [0.3, 0.4) is 0 Å². The number of nitrogens with zero attached hydrogens (tertiary/aromatic N) is 6. The first-order valence-electron chi connectivity index (χ1n) is 12.0. The molecule has 170 valence electrons. The molecule has 6 rings (SSSR count). The smallest absolute Gasteiger partial charge is 0.160 e. The maximum absolute atomic E-state index is 5.71. The SMILES string of the molecule is CCc1nc2ccccc2nc1-c1cc2nc(N3CCCC3)cc(N[C@H]3CCCOC3)n2n1. The number of aromatic nitrogens is 5. The number of benzene rings is 1. The molecule has 33 heavy (non-hydrogen) atoms. The number of rotatable bonds is 5. The maximum atomic E-state index is 5.71. The molecule has 5 heterocycles. The summed E-state index contributed by atoms with van der Waals surface area (Å²) in [6.45, 7) is 5.76. The van der Waals surface area contributed by atoms with Crippen LogP contribution in [0.2, 0.25) is 0 Å². The molecule has 0 saturated carbocycles. The van der Waals surface area contributed by atoms with Gasteiger partial charge >= 0.3 is 0 Å². The molecule has 8 heteroatoms. The second-order valence-corrected chi connectivity index (χ2v) is 8.91. The average molecular weight is 444 g/mol. The van der Waals surface area contributed by atoms with Crippen molar-refractivity contribution in [2.75, 3.05) is 36.5 Å². The third-order valence-electron chi connectivity index (χ3n) is 6.58. The molecule has 3 aromatic heterocycles. The highest BCUT2D eigenvalue weighted by atomic mass is 16.5. The Labute approximate surface area is 193 Å². The highest BCUT2D eigenvalue weighted by molar-refractivity contribution is 5.78. The van der Waals surface area contributed by atoms with Crippen molar-refractivity contribution >= 4 is 28.3 Å². The fraction of sp³-hybridized carbons (Fsp3) is 0.440. The Morgan fingerprint density at radius 3 is 2.61 bits per heavy atom. The van der Waals surface area contributed by atoms with Crippen molar-refractivity contribution in [3.8, 4) is 11.4 Å². The van der Waals surface area contributed by atoms with E-state index in [1.165, 1.54) is 12.8 Å². The van der Waals surface area contributed by atoms with Gasteiger partial charge in [0.25, 0.3) is 0 Å². The maximum Gasteiger partial charge on any atom is 0.160 e. The quantitative estimate of drug-likeness (QED) is 0.497. The monoisotopic (exact) mass is 443 g/mol. The minimum absolute atomic E-state index is 0.273. The van der Waals surface area contributed by atoms with Gasteiger partial charge in [-0.25, -0.2) is 15.0 Å². The van der Waals surface area contributed by atoms with Crippen LogP contribution in [-0.4, -0.2) is 56.9 Å². The van der Waals surface area contributed by atoms with E-state index in [-0.39, 0.29) is 6.04 Å². The molecule has 0 bridgehead atoms. The summed E-state index contributed by atoms with van der Waals surface area (Å²) in [5.74, 6) is 1.96. The minimum atomic E-state index is 0.273. The number of fused-ring (bicyclic) bond motifs is 2. The molecule has 1 aromatic carbocycles. The predicted octanol–water partition coefficient (Wildman–Crippen LogP) is 4.09. The number of hydrogen-bond donors (Lipinski definition) is 1. The van der Waals surface area contributed by atoms with Gasteiger partial charge in [0.05, 0.1) is 29.4 Å². The van der Waals surface area contributed by atoms with Crippen molar-refractivity contribution in [3.05, 3.63) is 42.1 Å². The normalized spacial score (nSPS) is 18.9. The van der Waals surface area contributed by atoms with Crippen LogP contribution in [0.25, 0.3) is 28.1 Å². The van der Waals surface area contributed by atoms with Crippen molar-refractivity contribution in [2.45, 2.75) is 45.1 Å². The largest absolute Gasteiger partial charge is 0.379 e. The Bertz CT molecular complexity index is 1290. The van der Waals surface area contributed by atoms with Crippen LogP contribution in [-0.2, 0) is 11.2 Å². The zero-order chi connectivity index (χ0) is 22.2. The lowest BCUT2D eigenvalue weighted by atomic mass is 10.1. The molecule has 1 atom stereocenters. The molecule has 0 unspecified atom stereocenters. The summed E-state index contributed by atoms with van der Waals surface area (Å²) in [5.41, 5.74) is 5.20. The van der Waals surface area contributed by atoms with Gasteiger partial charge in [-0.3, -0.25) is 0 Å². The van der Waals surface area contributed by atoms with E-state index in [4.69, 9.17) is 24.8 Å². The van der Waals surface area contributed by atoms with E-state index in [2.05, 4.69) is 23.2 Å². The first-order valence-corrected chi connectivity index (χ1v) is 12.0. The van der Waals surface area contributed by atoms with Crippen LogP contribution < -0.4 is 10.2 Å². The Morgan fingerprint density at radius 2 is 1.85 bits per heavy atom. The predicted molar refractivity (Wildman–Crippen MR) is 130 cm³/mol. The summed E-state index contributed by atoms with van der Waals surface area (Å²) >= 11 is 0. The molecule has 2 fully saturated rings. The zero-order valence-corrected chi connectivity index (χ0v) is 19.0. The lowest BCUT2D eigenvalue weighted by molar-refractivity contribution is 0.0874. The summed E-state index contributed by atoms with van der Waals surface area (Å²) in [5, 5.41) is 8.64. The van der Waals surface area contributed by atoms with Gasteiger partial charge in [-0.1, -0.05) is 19.1 Å². The number of anilines is 2. The number of hydrogen-bond acceptors (Lipinski definition) is 7. The van der Waals surface area contributed by atoms with Crippen LogP contribution in [0.15, 0.2) is 36.4 Å². The van der Waals surface area contributed by atoms with Gasteiger partial charge in [0.1, 0.15) is 23.0 Å². The fourth-order valence-electron chi connectivity index (χ4n) is 4.84. The summed E-state index contributed by atoms with van der Waals surface area (Å²) in [6, 6.07) is 12.5. The molecule has 0 spiro atoms. The van der Waals surface area contributed by atoms with E-state index in [0.29, 0.717) is 6.61 Å². The summed E-state index contributed by atoms with van der Waals surface area (Å²) in [4.78, 5) is 17.1. The van der Waals surface area contributed by atoms with Gasteiger partial charge in [-0.15, -0.1) is 0 Å². The molecule has 0 amide bonds. The van der Waals surface area contributed by atoms with Crippen molar-refractivity contribution in [1.82, 2.24) is 24.6 Å². The summed E-state index contributed by atoms with van der Waals surface area (Å²) < 4.78 is 7.62. The molecular formula is C25H29N7O. The number of aryl methyl sites for hydroxylation is 1. The van der Waals surface area contributed by atoms with Crippen molar-refractivity contribution in [1.29, 1.82) is 0 Å². The van der Waals surface area contributed by atoms with E-state index in [9.17, 15) is 0 Å². The third kappa shape index (κ3) is 3.88. The van der Waals surface area contributed by atoms with Crippen LogP contribution in [0.1, 0.15) is 38.3 Å². The second-order valence-electron chi connectivity index (χ2n) is 8.91. The van der Waals surface area contributed by atoms with Gasteiger partial charge in [-0.05, 0) is 44.2 Å². The molecule has 2 saturated heterocycles. The third-order valence-corrected chi connectivity index (χ3v) is 6.58. The number of ether oxygens (including phenoxy) is 1. The molecular weight excluding hydrogens is 414 g/mol. The van der Waals surface area contributed by atoms with E-state index >= 15 is 0 Å². The van der Waals surface area contributed by atoms with Gasteiger partial charge < -0.3 is 15.0 Å². The lowest BCUT2D eigenvalue weighted by Crippen LogP contribution is -2.31.